The van der Waals surface area contributed by atoms with Gasteiger partial charge in [-0.1, -0.05) is 97.1 Å². The zero-order chi connectivity index (χ0) is 21.6. The number of carbonyl (C=O) groups excluding carboxylic acids is 2. The number of thiocarbonyl (C=S) groups is 1. The van der Waals surface area contributed by atoms with Crippen LogP contribution < -0.4 is 4.90 Å². The van der Waals surface area contributed by atoms with Crippen LogP contribution in [0.1, 0.15) is 21.5 Å². The quantitative estimate of drug-likeness (QED) is 0.285. The lowest BCUT2D eigenvalue weighted by Crippen LogP contribution is -2.43. The molecule has 0 bridgehead atoms. The van der Waals surface area contributed by atoms with E-state index in [4.69, 9.17) is 12.2 Å². The van der Waals surface area contributed by atoms with E-state index in [-0.39, 0.29) is 5.91 Å². The number of aldehydes is 1. The first-order chi connectivity index (χ1) is 15.2. The lowest BCUT2D eigenvalue weighted by Gasteiger charge is -2.30. The third kappa shape index (κ3) is 4.30. The Morgan fingerprint density at radius 3 is 2.29 bits per heavy atom. The second-order valence-electron chi connectivity index (χ2n) is 7.27. The SMILES string of the molecule is O=C[C@H](Cc1ccccc1)N(C(=O)c1ccccc1C=S)c1cccc2ccccc12. The summed E-state index contributed by atoms with van der Waals surface area (Å²) in [6, 6.07) is 30.0. The second-order valence-corrected chi connectivity index (χ2v) is 7.51. The van der Waals surface area contributed by atoms with Crippen molar-refractivity contribution in [3.63, 3.8) is 0 Å². The van der Waals surface area contributed by atoms with E-state index in [0.717, 1.165) is 22.6 Å². The van der Waals surface area contributed by atoms with E-state index in [1.165, 1.54) is 5.37 Å². The van der Waals surface area contributed by atoms with E-state index < -0.39 is 6.04 Å². The Morgan fingerprint density at radius 2 is 1.52 bits per heavy atom. The van der Waals surface area contributed by atoms with Gasteiger partial charge in [-0.15, -0.1) is 0 Å². The Morgan fingerprint density at radius 1 is 0.839 bits per heavy atom. The van der Waals surface area contributed by atoms with Crippen molar-refractivity contribution in [3.8, 4) is 0 Å². The fourth-order valence-corrected chi connectivity index (χ4v) is 4.04. The zero-order valence-corrected chi connectivity index (χ0v) is 17.7. The molecule has 0 spiro atoms. The number of rotatable bonds is 7. The van der Waals surface area contributed by atoms with Gasteiger partial charge in [0.25, 0.3) is 5.91 Å². The van der Waals surface area contributed by atoms with E-state index in [2.05, 4.69) is 0 Å². The van der Waals surface area contributed by atoms with Crippen LogP contribution in [-0.2, 0) is 11.2 Å². The minimum absolute atomic E-state index is 0.249. The molecule has 4 rings (SSSR count). The fraction of sp³-hybridized carbons (Fsp3) is 0.0741. The number of anilines is 1. The van der Waals surface area contributed by atoms with Gasteiger partial charge in [0.2, 0.25) is 0 Å². The molecule has 4 heteroatoms. The van der Waals surface area contributed by atoms with Crippen LogP contribution >= 0.6 is 12.2 Å². The van der Waals surface area contributed by atoms with Crippen LogP contribution in [0, 0.1) is 0 Å². The van der Waals surface area contributed by atoms with Crippen LogP contribution in [0.3, 0.4) is 0 Å². The maximum atomic E-state index is 13.9. The molecule has 0 aromatic heterocycles. The lowest BCUT2D eigenvalue weighted by atomic mass is 10.00. The topological polar surface area (TPSA) is 37.4 Å². The molecule has 0 unspecified atom stereocenters. The van der Waals surface area contributed by atoms with E-state index >= 15 is 0 Å². The van der Waals surface area contributed by atoms with Gasteiger partial charge >= 0.3 is 0 Å². The summed E-state index contributed by atoms with van der Waals surface area (Å²) in [6.45, 7) is 0. The number of hydrogen-bond donors (Lipinski definition) is 0. The van der Waals surface area contributed by atoms with Crippen molar-refractivity contribution in [2.24, 2.45) is 0 Å². The molecule has 0 saturated heterocycles. The van der Waals surface area contributed by atoms with Gasteiger partial charge in [-0.3, -0.25) is 9.69 Å². The molecule has 4 aromatic rings. The fourth-order valence-electron chi connectivity index (χ4n) is 3.84. The third-order valence-corrected chi connectivity index (χ3v) is 5.59. The number of benzene rings is 4. The highest BCUT2D eigenvalue weighted by atomic mass is 32.1. The van der Waals surface area contributed by atoms with Crippen molar-refractivity contribution in [2.75, 3.05) is 4.90 Å². The van der Waals surface area contributed by atoms with Gasteiger partial charge in [0.05, 0.1) is 11.7 Å². The monoisotopic (exact) mass is 423 g/mol. The Hall–Kier alpha value is -3.63. The van der Waals surface area contributed by atoms with E-state index in [1.807, 2.05) is 91.0 Å². The molecule has 31 heavy (non-hydrogen) atoms. The summed E-state index contributed by atoms with van der Waals surface area (Å²) >= 11 is 5.14. The van der Waals surface area contributed by atoms with Crippen LogP contribution in [0.2, 0.25) is 0 Å². The minimum atomic E-state index is -0.668. The normalized spacial score (nSPS) is 11.6. The third-order valence-electron chi connectivity index (χ3n) is 5.34. The number of amides is 1. The summed E-state index contributed by atoms with van der Waals surface area (Å²) in [7, 11) is 0. The number of fused-ring (bicyclic) bond motifs is 1. The molecule has 0 radical (unpaired) electrons. The van der Waals surface area contributed by atoms with Crippen molar-refractivity contribution in [1.82, 2.24) is 0 Å². The van der Waals surface area contributed by atoms with Gasteiger partial charge in [0.1, 0.15) is 6.29 Å². The van der Waals surface area contributed by atoms with Gasteiger partial charge in [-0.05, 0) is 28.6 Å². The molecule has 0 aliphatic carbocycles. The van der Waals surface area contributed by atoms with Crippen LogP contribution in [-0.4, -0.2) is 23.6 Å². The average molecular weight is 424 g/mol. The molecule has 1 amide bonds. The van der Waals surface area contributed by atoms with Gasteiger partial charge in [0, 0.05) is 22.7 Å². The summed E-state index contributed by atoms with van der Waals surface area (Å²) in [5, 5.41) is 3.42. The Kier molecular flexibility index (Phi) is 6.29. The van der Waals surface area contributed by atoms with Gasteiger partial charge < -0.3 is 4.79 Å². The van der Waals surface area contributed by atoms with E-state index in [9.17, 15) is 9.59 Å². The minimum Gasteiger partial charge on any atom is -0.301 e. The van der Waals surface area contributed by atoms with E-state index in [0.29, 0.717) is 23.2 Å². The Bertz CT molecular complexity index is 1230. The van der Waals surface area contributed by atoms with Crippen LogP contribution in [0.15, 0.2) is 97.1 Å². The Labute approximate surface area is 186 Å². The van der Waals surface area contributed by atoms with Crippen LogP contribution in [0.4, 0.5) is 5.69 Å². The number of carbonyl (C=O) groups is 2. The molecule has 0 aliphatic rings. The molecule has 0 aliphatic heterocycles. The predicted octanol–water partition coefficient (Wildman–Crippen LogP) is 5.64. The largest absolute Gasteiger partial charge is 0.301 e. The number of nitrogens with zero attached hydrogens (tertiary/aromatic N) is 1. The lowest BCUT2D eigenvalue weighted by molar-refractivity contribution is -0.108. The summed E-state index contributed by atoms with van der Waals surface area (Å²) in [4.78, 5) is 27.8. The van der Waals surface area contributed by atoms with Crippen molar-refractivity contribution in [3.05, 3.63) is 114 Å². The summed E-state index contributed by atoms with van der Waals surface area (Å²) in [5.74, 6) is -0.249. The highest BCUT2D eigenvalue weighted by Crippen LogP contribution is 2.30. The molecule has 3 nitrogen and oxygen atoms in total. The smallest absolute Gasteiger partial charge is 0.259 e. The number of hydrogen-bond acceptors (Lipinski definition) is 3. The highest BCUT2D eigenvalue weighted by molar-refractivity contribution is 7.79. The second kappa shape index (κ2) is 9.45. The summed E-state index contributed by atoms with van der Waals surface area (Å²) < 4.78 is 0. The maximum Gasteiger partial charge on any atom is 0.259 e. The summed E-state index contributed by atoms with van der Waals surface area (Å²) in [6.07, 6.45) is 1.27. The summed E-state index contributed by atoms with van der Waals surface area (Å²) in [5.41, 5.74) is 2.83. The highest BCUT2D eigenvalue weighted by Gasteiger charge is 2.28. The molecule has 0 heterocycles. The van der Waals surface area contributed by atoms with Crippen molar-refractivity contribution in [2.45, 2.75) is 12.5 Å². The molecule has 4 aromatic carbocycles. The maximum absolute atomic E-state index is 13.9. The van der Waals surface area contributed by atoms with Gasteiger partial charge in [0.15, 0.2) is 0 Å². The molecule has 1 atom stereocenters. The van der Waals surface area contributed by atoms with Crippen molar-refractivity contribution >= 4 is 46.2 Å². The average Bonchev–Trinajstić information content (AvgIpc) is 2.84. The van der Waals surface area contributed by atoms with Gasteiger partial charge in [-0.25, -0.2) is 0 Å². The first-order valence-electron chi connectivity index (χ1n) is 10.1. The molecule has 0 fully saturated rings. The van der Waals surface area contributed by atoms with Crippen LogP contribution in [0.25, 0.3) is 10.8 Å². The molecular weight excluding hydrogens is 402 g/mol. The van der Waals surface area contributed by atoms with Gasteiger partial charge in [-0.2, -0.15) is 0 Å². The predicted molar refractivity (Wildman–Crippen MR) is 130 cm³/mol. The van der Waals surface area contributed by atoms with Crippen molar-refractivity contribution < 1.29 is 9.59 Å². The Balaban J connectivity index is 1.88. The first-order valence-corrected chi connectivity index (χ1v) is 10.5. The van der Waals surface area contributed by atoms with Crippen molar-refractivity contribution in [1.29, 1.82) is 0 Å². The standard InChI is InChI=1S/C27H21NO2S/c29-18-23(17-20-9-2-1-3-10-20)28(27(30)25-15-7-5-12-22(25)19-31)26-16-8-13-21-11-4-6-14-24(21)26/h1-16,18-19,23H,17H2/t23-/m0/s1. The molecule has 0 saturated carbocycles. The molecule has 152 valence electrons. The molecule has 0 N–H and O–H groups in total. The zero-order valence-electron chi connectivity index (χ0n) is 16.8. The van der Waals surface area contributed by atoms with E-state index in [1.54, 1.807) is 11.0 Å². The molecular formula is C27H21NO2S. The van der Waals surface area contributed by atoms with Crippen LogP contribution in [0.5, 0.6) is 0 Å². The first kappa shape index (κ1) is 20.6.